The summed E-state index contributed by atoms with van der Waals surface area (Å²) < 4.78 is 5.30. The zero-order valence-corrected chi connectivity index (χ0v) is 18.4. The molecule has 4 nitrogen and oxygen atoms in total. The van der Waals surface area contributed by atoms with Crippen molar-refractivity contribution in [3.8, 4) is 0 Å². The first-order valence-electron chi connectivity index (χ1n) is 9.99. The van der Waals surface area contributed by atoms with Crippen LogP contribution in [0.5, 0.6) is 0 Å². The van der Waals surface area contributed by atoms with E-state index >= 15 is 0 Å². The second kappa shape index (κ2) is 10.1. The molecular formula is C26H30O4. The quantitative estimate of drug-likeness (QED) is 0.265. The third-order valence-corrected chi connectivity index (χ3v) is 5.07. The van der Waals surface area contributed by atoms with E-state index in [4.69, 9.17) is 4.74 Å². The van der Waals surface area contributed by atoms with Crippen molar-refractivity contribution >= 4 is 17.6 Å². The van der Waals surface area contributed by atoms with E-state index in [1.807, 2.05) is 70.2 Å². The van der Waals surface area contributed by atoms with E-state index in [-0.39, 0.29) is 35.7 Å². The van der Waals surface area contributed by atoms with Crippen LogP contribution in [0.4, 0.5) is 0 Å². The van der Waals surface area contributed by atoms with Crippen molar-refractivity contribution in [1.82, 2.24) is 0 Å². The number of carbonyl (C=O) groups excluding carboxylic acids is 2. The number of aliphatic hydroxyl groups is 1. The number of allylic oxidation sites excluding steroid dienone is 7. The third-order valence-electron chi connectivity index (χ3n) is 5.07. The van der Waals surface area contributed by atoms with Crippen molar-refractivity contribution < 1.29 is 19.4 Å². The van der Waals surface area contributed by atoms with Gasteiger partial charge in [-0.15, -0.1) is 0 Å². The summed E-state index contributed by atoms with van der Waals surface area (Å²) in [7, 11) is 1.39. The molecule has 0 saturated carbocycles. The molecule has 1 aliphatic carbocycles. The summed E-state index contributed by atoms with van der Waals surface area (Å²) >= 11 is 0. The molecule has 1 aromatic carbocycles. The number of ketones is 2. The molecule has 0 heterocycles. The van der Waals surface area contributed by atoms with Crippen molar-refractivity contribution in [2.75, 3.05) is 7.11 Å². The maximum absolute atomic E-state index is 13.7. The molecule has 2 rings (SSSR count). The highest BCUT2D eigenvalue weighted by Gasteiger charge is 2.49. The molecule has 0 unspecified atom stereocenters. The smallest absolute Gasteiger partial charge is 0.184 e. The van der Waals surface area contributed by atoms with Crippen LogP contribution in [0.3, 0.4) is 0 Å². The number of aliphatic hydroxyl groups excluding tert-OH is 1. The van der Waals surface area contributed by atoms with Crippen LogP contribution in [-0.4, -0.2) is 23.8 Å². The SMILES string of the molecule is COC1=CC(=O)C(CC=C(C)C)(CC=C(C)C)C(=O)C1=C(O)C=Cc1ccccc1. The highest BCUT2D eigenvalue weighted by Crippen LogP contribution is 2.41. The van der Waals surface area contributed by atoms with Gasteiger partial charge in [-0.3, -0.25) is 9.59 Å². The van der Waals surface area contributed by atoms with E-state index in [0.717, 1.165) is 16.7 Å². The fourth-order valence-corrected chi connectivity index (χ4v) is 3.25. The van der Waals surface area contributed by atoms with Crippen LogP contribution in [0.1, 0.15) is 46.1 Å². The molecule has 1 aliphatic rings. The summed E-state index contributed by atoms with van der Waals surface area (Å²) in [6.45, 7) is 7.72. The summed E-state index contributed by atoms with van der Waals surface area (Å²) in [6.07, 6.45) is 8.85. The molecule has 0 atom stereocenters. The Kier molecular flexibility index (Phi) is 7.76. The Morgan fingerprint density at radius 1 is 1.00 bits per heavy atom. The molecule has 0 radical (unpaired) electrons. The number of methoxy groups -OCH3 is 1. The summed E-state index contributed by atoms with van der Waals surface area (Å²) in [4.78, 5) is 26.8. The first-order valence-corrected chi connectivity index (χ1v) is 9.99. The number of hydrogen-bond donors (Lipinski definition) is 1. The Balaban J connectivity index is 2.61. The zero-order chi connectivity index (χ0) is 22.3. The largest absolute Gasteiger partial charge is 0.507 e. The molecule has 1 N–H and O–H groups in total. The van der Waals surface area contributed by atoms with Gasteiger partial charge in [0.2, 0.25) is 0 Å². The highest BCUT2D eigenvalue weighted by molar-refractivity contribution is 6.23. The minimum absolute atomic E-state index is 0.0357. The van der Waals surface area contributed by atoms with Gasteiger partial charge in [0, 0.05) is 6.08 Å². The van der Waals surface area contributed by atoms with Crippen LogP contribution in [0.15, 0.2) is 82.9 Å². The lowest BCUT2D eigenvalue weighted by molar-refractivity contribution is -0.136. The van der Waals surface area contributed by atoms with Crippen molar-refractivity contribution in [2.45, 2.75) is 40.5 Å². The maximum Gasteiger partial charge on any atom is 0.184 e. The number of hydrogen-bond acceptors (Lipinski definition) is 4. The Hall–Kier alpha value is -3.14. The fourth-order valence-electron chi connectivity index (χ4n) is 3.25. The number of benzene rings is 1. The van der Waals surface area contributed by atoms with Crippen LogP contribution in [0, 0.1) is 5.41 Å². The molecule has 0 aliphatic heterocycles. The van der Waals surface area contributed by atoms with E-state index in [9.17, 15) is 14.7 Å². The van der Waals surface area contributed by atoms with Crippen LogP contribution >= 0.6 is 0 Å². The lowest BCUT2D eigenvalue weighted by Gasteiger charge is -2.33. The fraction of sp³-hybridized carbons (Fsp3) is 0.308. The van der Waals surface area contributed by atoms with Gasteiger partial charge >= 0.3 is 0 Å². The van der Waals surface area contributed by atoms with E-state index in [0.29, 0.717) is 0 Å². The topological polar surface area (TPSA) is 63.6 Å². The summed E-state index contributed by atoms with van der Waals surface area (Å²) in [6, 6.07) is 9.46. The van der Waals surface area contributed by atoms with Gasteiger partial charge in [0.15, 0.2) is 11.6 Å². The average molecular weight is 407 g/mol. The van der Waals surface area contributed by atoms with Gasteiger partial charge in [0.05, 0.1) is 7.11 Å². The van der Waals surface area contributed by atoms with Crippen molar-refractivity contribution in [3.05, 3.63) is 88.4 Å². The molecule has 0 spiro atoms. The van der Waals surface area contributed by atoms with Crippen molar-refractivity contribution in [2.24, 2.45) is 5.41 Å². The lowest BCUT2D eigenvalue weighted by Crippen LogP contribution is -2.43. The van der Waals surface area contributed by atoms with Gasteiger partial charge < -0.3 is 9.84 Å². The first kappa shape index (κ1) is 23.1. The normalized spacial score (nSPS) is 17.4. The molecule has 30 heavy (non-hydrogen) atoms. The van der Waals surface area contributed by atoms with Crippen LogP contribution in [0.2, 0.25) is 0 Å². The predicted molar refractivity (Wildman–Crippen MR) is 121 cm³/mol. The first-order chi connectivity index (χ1) is 14.2. The average Bonchev–Trinajstić information content (AvgIpc) is 2.71. The lowest BCUT2D eigenvalue weighted by atomic mass is 9.67. The van der Waals surface area contributed by atoms with Gasteiger partial charge in [0.25, 0.3) is 0 Å². The second-order valence-electron chi connectivity index (χ2n) is 7.96. The standard InChI is InChI=1S/C26H30O4/c1-18(2)13-15-26(16-14-19(3)4)23(28)17-22(30-5)24(25(26)29)21(27)12-11-20-9-7-6-8-10-20/h6-14,17,27H,15-16H2,1-5H3. The van der Waals surface area contributed by atoms with E-state index in [2.05, 4.69) is 0 Å². The summed E-state index contributed by atoms with van der Waals surface area (Å²) in [5, 5.41) is 10.8. The molecule has 0 bridgehead atoms. The zero-order valence-electron chi connectivity index (χ0n) is 18.4. The number of carbonyl (C=O) groups is 2. The maximum atomic E-state index is 13.7. The molecule has 1 aromatic rings. The number of Topliss-reactive ketones (excluding diaryl/α,β-unsaturated/α-hetero) is 1. The van der Waals surface area contributed by atoms with E-state index in [1.54, 1.807) is 6.08 Å². The van der Waals surface area contributed by atoms with Crippen LogP contribution in [0.25, 0.3) is 6.08 Å². The molecule has 4 heteroatoms. The van der Waals surface area contributed by atoms with Gasteiger partial charge in [-0.2, -0.15) is 0 Å². The predicted octanol–water partition coefficient (Wildman–Crippen LogP) is 5.89. The Morgan fingerprint density at radius 3 is 2.07 bits per heavy atom. The minimum Gasteiger partial charge on any atom is -0.507 e. The molecule has 0 aromatic heterocycles. The minimum atomic E-state index is -1.29. The summed E-state index contributed by atoms with van der Waals surface area (Å²) in [5.41, 5.74) is 1.67. The number of ether oxygens (including phenoxy) is 1. The molecule has 0 fully saturated rings. The highest BCUT2D eigenvalue weighted by atomic mass is 16.5. The molecule has 0 saturated heterocycles. The monoisotopic (exact) mass is 406 g/mol. The van der Waals surface area contributed by atoms with Gasteiger partial charge in [0.1, 0.15) is 22.5 Å². The van der Waals surface area contributed by atoms with Gasteiger partial charge in [-0.25, -0.2) is 0 Å². The molecular weight excluding hydrogens is 376 g/mol. The second-order valence-corrected chi connectivity index (χ2v) is 7.96. The van der Waals surface area contributed by atoms with E-state index < -0.39 is 11.2 Å². The molecule has 0 amide bonds. The number of rotatable bonds is 7. The molecule has 158 valence electrons. The van der Waals surface area contributed by atoms with Crippen molar-refractivity contribution in [1.29, 1.82) is 0 Å². The Morgan fingerprint density at radius 2 is 1.57 bits per heavy atom. The Labute approximate surface area is 179 Å². The van der Waals surface area contributed by atoms with Gasteiger partial charge in [-0.1, -0.05) is 59.7 Å². The third kappa shape index (κ3) is 5.26. The van der Waals surface area contributed by atoms with Gasteiger partial charge in [-0.05, 0) is 52.2 Å². The van der Waals surface area contributed by atoms with Crippen LogP contribution in [-0.2, 0) is 14.3 Å². The van der Waals surface area contributed by atoms with Crippen LogP contribution < -0.4 is 0 Å². The van der Waals surface area contributed by atoms with Crippen molar-refractivity contribution in [3.63, 3.8) is 0 Å². The van der Waals surface area contributed by atoms with E-state index in [1.165, 1.54) is 19.3 Å². The summed E-state index contributed by atoms with van der Waals surface area (Å²) in [5.74, 6) is -0.853. The Bertz CT molecular complexity index is 928.